The van der Waals surface area contributed by atoms with Crippen molar-refractivity contribution >= 4 is 40.1 Å². The molecule has 0 aliphatic carbocycles. The first-order chi connectivity index (χ1) is 4.22. The van der Waals surface area contributed by atoms with Crippen LogP contribution in [0, 0.1) is 3.57 Å². The van der Waals surface area contributed by atoms with E-state index in [1.165, 1.54) is 0 Å². The fourth-order valence-electron chi connectivity index (χ4n) is 0.366. The third-order valence-electron chi connectivity index (χ3n) is 0.729. The molecule has 5 heteroatoms. The second-order valence-corrected chi connectivity index (χ2v) is 3.11. The predicted octanol–water partition coefficient (Wildman–Crippen LogP) is 1.45. The summed E-state index contributed by atoms with van der Waals surface area (Å²) in [6.45, 7) is 0. The van der Waals surface area contributed by atoms with Gasteiger partial charge in [0.2, 0.25) is 0 Å². The monoisotopic (exact) mass is 255 g/mol. The number of aromatic nitrogens is 1. The van der Waals surface area contributed by atoms with E-state index in [9.17, 15) is 4.79 Å². The quantitative estimate of drug-likeness (QED) is 0.772. The molecule has 1 N–H and O–H groups in total. The molecule has 1 rings (SSSR count). The molecule has 0 unspecified atom stereocenters. The minimum atomic E-state index is -0.958. The lowest BCUT2D eigenvalue weighted by Gasteiger charge is -1.82. The minimum Gasteiger partial charge on any atom is -0.476 e. The van der Waals surface area contributed by atoms with Gasteiger partial charge in [-0.15, -0.1) is 0 Å². The number of halogens is 1. The summed E-state index contributed by atoms with van der Waals surface area (Å²) in [6.07, 6.45) is 0. The van der Waals surface area contributed by atoms with E-state index in [2.05, 4.69) is 4.37 Å². The third kappa shape index (κ3) is 1.39. The summed E-state index contributed by atoms with van der Waals surface area (Å²) in [5.74, 6) is -0.958. The smallest absolute Gasteiger partial charge is 0.356 e. The number of carboxylic acid groups (broad SMARTS) is 1. The van der Waals surface area contributed by atoms with Gasteiger partial charge in [0.1, 0.15) is 0 Å². The Bertz CT molecular complexity index is 234. The lowest BCUT2D eigenvalue weighted by Crippen LogP contribution is -1.97. The van der Waals surface area contributed by atoms with Gasteiger partial charge < -0.3 is 5.11 Å². The van der Waals surface area contributed by atoms with Crippen LogP contribution in [0.2, 0.25) is 0 Å². The first-order valence-electron chi connectivity index (χ1n) is 2.05. The summed E-state index contributed by atoms with van der Waals surface area (Å²) >= 11 is 3.09. The predicted molar refractivity (Wildman–Crippen MR) is 41.8 cm³/mol. The zero-order valence-electron chi connectivity index (χ0n) is 4.17. The molecule has 48 valence electrons. The number of rotatable bonds is 1. The number of carbonyl (C=O) groups is 1. The summed E-state index contributed by atoms with van der Waals surface area (Å²) < 4.78 is 4.35. The van der Waals surface area contributed by atoms with Crippen molar-refractivity contribution in [2.24, 2.45) is 0 Å². The highest BCUT2D eigenvalue weighted by Gasteiger charge is 2.09. The summed E-state index contributed by atoms with van der Waals surface area (Å²) in [6, 6.07) is 0. The van der Waals surface area contributed by atoms with Gasteiger partial charge in [-0.25, -0.2) is 4.79 Å². The van der Waals surface area contributed by atoms with Gasteiger partial charge in [-0.3, -0.25) is 0 Å². The maximum atomic E-state index is 10.2. The molecule has 0 bridgehead atoms. The van der Waals surface area contributed by atoms with Crippen molar-refractivity contribution in [3.05, 3.63) is 14.6 Å². The second kappa shape index (κ2) is 2.61. The molecule has 0 aliphatic heterocycles. The van der Waals surface area contributed by atoms with E-state index in [1.54, 1.807) is 5.38 Å². The van der Waals surface area contributed by atoms with Crippen molar-refractivity contribution in [2.75, 3.05) is 0 Å². The van der Waals surface area contributed by atoms with Gasteiger partial charge in [-0.05, 0) is 34.1 Å². The Balaban J connectivity index is 3.08. The molecular weight excluding hydrogens is 253 g/mol. The molecule has 3 nitrogen and oxygen atoms in total. The van der Waals surface area contributed by atoms with Crippen molar-refractivity contribution in [1.82, 2.24) is 4.37 Å². The number of hydrogen-bond donors (Lipinski definition) is 1. The number of hydrogen-bond acceptors (Lipinski definition) is 3. The second-order valence-electron chi connectivity index (χ2n) is 1.32. The van der Waals surface area contributed by atoms with Crippen LogP contribution in [0.25, 0.3) is 0 Å². The van der Waals surface area contributed by atoms with Crippen molar-refractivity contribution in [2.45, 2.75) is 0 Å². The van der Waals surface area contributed by atoms with E-state index in [0.717, 1.165) is 11.5 Å². The Hall–Kier alpha value is -0.170. The number of carboxylic acids is 1. The van der Waals surface area contributed by atoms with Crippen LogP contribution in [0.5, 0.6) is 0 Å². The minimum absolute atomic E-state index is 0.153. The average molecular weight is 255 g/mol. The van der Waals surface area contributed by atoms with Gasteiger partial charge in [0, 0.05) is 5.38 Å². The molecule has 0 saturated carbocycles. The van der Waals surface area contributed by atoms with Crippen LogP contribution in [0.4, 0.5) is 0 Å². The van der Waals surface area contributed by atoms with E-state index < -0.39 is 5.97 Å². The Morgan fingerprint density at radius 1 is 1.89 bits per heavy atom. The molecule has 9 heavy (non-hydrogen) atoms. The highest BCUT2D eigenvalue weighted by molar-refractivity contribution is 14.1. The molecule has 1 aromatic rings. The Labute approximate surface area is 69.0 Å². The largest absolute Gasteiger partial charge is 0.476 e. The van der Waals surface area contributed by atoms with E-state index in [4.69, 9.17) is 5.11 Å². The summed E-state index contributed by atoms with van der Waals surface area (Å²) in [5.41, 5.74) is 0.153. The van der Waals surface area contributed by atoms with Gasteiger partial charge in [0.25, 0.3) is 0 Å². The van der Waals surface area contributed by atoms with Crippen LogP contribution in [-0.2, 0) is 0 Å². The molecule has 0 saturated heterocycles. The first kappa shape index (κ1) is 6.94. The van der Waals surface area contributed by atoms with E-state index >= 15 is 0 Å². The zero-order chi connectivity index (χ0) is 6.85. The van der Waals surface area contributed by atoms with Gasteiger partial charge in [0.15, 0.2) is 5.69 Å². The van der Waals surface area contributed by atoms with Crippen LogP contribution >= 0.6 is 34.1 Å². The highest BCUT2D eigenvalue weighted by atomic mass is 127. The van der Waals surface area contributed by atoms with E-state index in [-0.39, 0.29) is 5.69 Å². The van der Waals surface area contributed by atoms with Crippen molar-refractivity contribution in [3.63, 3.8) is 0 Å². The molecule has 1 heterocycles. The molecule has 0 aliphatic rings. The lowest BCUT2D eigenvalue weighted by molar-refractivity contribution is 0.0690. The van der Waals surface area contributed by atoms with Crippen molar-refractivity contribution in [3.8, 4) is 0 Å². The fraction of sp³-hybridized carbons (Fsp3) is 0. The van der Waals surface area contributed by atoms with Gasteiger partial charge in [-0.1, -0.05) is 0 Å². The summed E-state index contributed by atoms with van der Waals surface area (Å²) in [4.78, 5) is 10.2. The third-order valence-corrected chi connectivity index (χ3v) is 2.60. The zero-order valence-corrected chi connectivity index (χ0v) is 7.14. The maximum Gasteiger partial charge on any atom is 0.356 e. The van der Waals surface area contributed by atoms with Crippen molar-refractivity contribution < 1.29 is 9.90 Å². The van der Waals surface area contributed by atoms with Gasteiger partial charge >= 0.3 is 5.97 Å². The first-order valence-corrected chi connectivity index (χ1v) is 3.96. The van der Waals surface area contributed by atoms with Gasteiger partial charge in [-0.2, -0.15) is 4.37 Å². The maximum absolute atomic E-state index is 10.2. The lowest BCUT2D eigenvalue weighted by atomic mass is 10.5. The molecule has 0 atom stereocenters. The SMILES string of the molecule is O=C(O)c1nscc1I. The molecule has 1 aromatic heterocycles. The Morgan fingerprint density at radius 2 is 2.56 bits per heavy atom. The fourth-order valence-corrected chi connectivity index (χ4v) is 1.76. The van der Waals surface area contributed by atoms with Crippen molar-refractivity contribution in [1.29, 1.82) is 0 Å². The molecular formula is C4H2INO2S. The molecule has 0 aromatic carbocycles. The van der Waals surface area contributed by atoms with Gasteiger partial charge in [0.05, 0.1) is 3.57 Å². The standard InChI is InChI=1S/C4H2INO2S/c5-2-1-9-6-3(2)4(7)8/h1H,(H,7,8). The van der Waals surface area contributed by atoms with Crippen LogP contribution in [0.1, 0.15) is 10.5 Å². The summed E-state index contributed by atoms with van der Waals surface area (Å²) in [5, 5.41) is 10.1. The molecule has 0 spiro atoms. The normalized spacial score (nSPS) is 9.44. The number of nitrogens with zero attached hydrogens (tertiary/aromatic N) is 1. The van der Waals surface area contributed by atoms with Crippen LogP contribution < -0.4 is 0 Å². The molecule has 0 radical (unpaired) electrons. The number of aromatic carboxylic acids is 1. The van der Waals surface area contributed by atoms with Crippen LogP contribution in [0.3, 0.4) is 0 Å². The summed E-state index contributed by atoms with van der Waals surface area (Å²) in [7, 11) is 0. The van der Waals surface area contributed by atoms with Crippen LogP contribution in [0.15, 0.2) is 5.38 Å². The Kier molecular flexibility index (Phi) is 2.01. The van der Waals surface area contributed by atoms with Crippen LogP contribution in [-0.4, -0.2) is 15.4 Å². The highest BCUT2D eigenvalue weighted by Crippen LogP contribution is 2.12. The van der Waals surface area contributed by atoms with E-state index in [1.807, 2.05) is 22.6 Å². The molecule has 0 fully saturated rings. The average Bonchev–Trinajstić information content (AvgIpc) is 2.13. The molecule has 0 amide bonds. The van der Waals surface area contributed by atoms with E-state index in [0.29, 0.717) is 3.57 Å². The Morgan fingerprint density at radius 3 is 2.78 bits per heavy atom. The topological polar surface area (TPSA) is 50.2 Å².